The van der Waals surface area contributed by atoms with Crippen LogP contribution in [-0.2, 0) is 16.1 Å². The van der Waals surface area contributed by atoms with E-state index in [2.05, 4.69) is 20.5 Å². The Bertz CT molecular complexity index is 1130. The molecule has 9 nitrogen and oxygen atoms in total. The molecule has 2 N–H and O–H groups in total. The van der Waals surface area contributed by atoms with E-state index >= 15 is 0 Å². The maximum Gasteiger partial charge on any atom is 0.411 e. The number of cyclic esters (lactones) is 1. The Hall–Kier alpha value is -3.88. The number of fused-ring (bicyclic) bond motifs is 1. The smallest absolute Gasteiger partial charge is 0.411 e. The third kappa shape index (κ3) is 4.14. The average molecular weight is 433 g/mol. The van der Waals surface area contributed by atoms with E-state index in [-0.39, 0.29) is 25.2 Å². The Morgan fingerprint density at radius 1 is 1.19 bits per heavy atom. The number of anilines is 1. The molecule has 0 saturated carbocycles. The van der Waals surface area contributed by atoms with Gasteiger partial charge in [0.25, 0.3) is 5.91 Å². The third-order valence-electron chi connectivity index (χ3n) is 5.71. The topological polar surface area (TPSA) is 109 Å². The van der Waals surface area contributed by atoms with Gasteiger partial charge in [-0.3, -0.25) is 15.2 Å². The van der Waals surface area contributed by atoms with E-state index < -0.39 is 6.09 Å². The van der Waals surface area contributed by atoms with Gasteiger partial charge in [-0.1, -0.05) is 18.2 Å². The number of likely N-dealkylation sites (tertiary alicyclic amines) is 1. The molecule has 32 heavy (non-hydrogen) atoms. The van der Waals surface area contributed by atoms with Gasteiger partial charge < -0.3 is 14.4 Å². The normalized spacial score (nSPS) is 17.8. The van der Waals surface area contributed by atoms with Crippen molar-refractivity contribution in [2.45, 2.75) is 31.9 Å². The molecule has 5 rings (SSSR count). The molecule has 9 heteroatoms. The highest BCUT2D eigenvalue weighted by Crippen LogP contribution is 2.31. The van der Waals surface area contributed by atoms with Gasteiger partial charge in [-0.2, -0.15) is 5.10 Å². The lowest BCUT2D eigenvalue weighted by Gasteiger charge is -2.34. The number of para-hydroxylation sites is 1. The summed E-state index contributed by atoms with van der Waals surface area (Å²) >= 11 is 0. The number of benzene rings is 2. The van der Waals surface area contributed by atoms with Crippen molar-refractivity contribution in [3.05, 3.63) is 59.9 Å². The molecule has 0 bridgehead atoms. The zero-order valence-electron chi connectivity index (χ0n) is 17.4. The number of aromatic nitrogens is 3. The van der Waals surface area contributed by atoms with Crippen LogP contribution in [0.1, 0.15) is 36.7 Å². The lowest BCUT2D eigenvalue weighted by molar-refractivity contribution is -0.137. The number of amides is 2. The Balaban J connectivity index is 1.31. The Labute approximate surface area is 184 Å². The average Bonchev–Trinajstić information content (AvgIpc) is 3.33. The van der Waals surface area contributed by atoms with Gasteiger partial charge in [0.15, 0.2) is 12.4 Å². The van der Waals surface area contributed by atoms with E-state index in [1.54, 1.807) is 0 Å². The number of ether oxygens (including phenoxy) is 2. The second kappa shape index (κ2) is 8.70. The lowest BCUT2D eigenvalue weighted by Crippen LogP contribution is -2.41. The van der Waals surface area contributed by atoms with E-state index in [4.69, 9.17) is 9.47 Å². The second-order valence-electron chi connectivity index (χ2n) is 7.82. The summed E-state index contributed by atoms with van der Waals surface area (Å²) in [5.74, 6) is 1.80. The van der Waals surface area contributed by atoms with Gasteiger partial charge in [0, 0.05) is 17.7 Å². The molecule has 3 heterocycles. The van der Waals surface area contributed by atoms with Crippen LogP contribution in [0.3, 0.4) is 0 Å². The van der Waals surface area contributed by atoms with Crippen molar-refractivity contribution in [1.82, 2.24) is 20.1 Å². The van der Waals surface area contributed by atoms with E-state index in [1.165, 1.54) is 0 Å². The van der Waals surface area contributed by atoms with Crippen LogP contribution in [-0.4, -0.2) is 45.2 Å². The SMILES string of the molecule is O=C1Nc2ccc(-c3n[nH]c([C@H]4CCCCN4C(=O)COc4ccccc4)n3)cc2CO1. The van der Waals surface area contributed by atoms with Gasteiger partial charge in [-0.25, -0.2) is 9.78 Å². The van der Waals surface area contributed by atoms with Crippen LogP contribution in [0.15, 0.2) is 48.5 Å². The highest BCUT2D eigenvalue weighted by atomic mass is 16.5. The largest absolute Gasteiger partial charge is 0.484 e. The van der Waals surface area contributed by atoms with E-state index in [9.17, 15) is 9.59 Å². The molecule has 1 aromatic heterocycles. The first-order valence-corrected chi connectivity index (χ1v) is 10.6. The lowest BCUT2D eigenvalue weighted by atomic mass is 10.0. The maximum absolute atomic E-state index is 12.9. The minimum atomic E-state index is -0.455. The summed E-state index contributed by atoms with van der Waals surface area (Å²) in [6.07, 6.45) is 2.32. The first kappa shape index (κ1) is 20.0. The fraction of sp³-hybridized carbons (Fsp3) is 0.304. The summed E-state index contributed by atoms with van der Waals surface area (Å²) in [6.45, 7) is 0.851. The van der Waals surface area contributed by atoms with E-state index in [0.29, 0.717) is 23.9 Å². The van der Waals surface area contributed by atoms with Crippen molar-refractivity contribution >= 4 is 17.7 Å². The third-order valence-corrected chi connectivity index (χ3v) is 5.71. The van der Waals surface area contributed by atoms with Gasteiger partial charge in [-0.05, 0) is 49.6 Å². The molecule has 0 unspecified atom stereocenters. The fourth-order valence-corrected chi connectivity index (χ4v) is 4.08. The number of carbonyl (C=O) groups is 2. The van der Waals surface area contributed by atoms with Crippen molar-refractivity contribution in [3.8, 4) is 17.1 Å². The molecule has 2 aliphatic rings. The predicted molar refractivity (Wildman–Crippen MR) is 116 cm³/mol. The molecule has 2 amide bonds. The Kier molecular flexibility index (Phi) is 5.45. The minimum Gasteiger partial charge on any atom is -0.484 e. The van der Waals surface area contributed by atoms with E-state index in [0.717, 1.165) is 36.1 Å². The number of hydrogen-bond donors (Lipinski definition) is 2. The highest BCUT2D eigenvalue weighted by molar-refractivity contribution is 5.88. The van der Waals surface area contributed by atoms with Crippen molar-refractivity contribution in [1.29, 1.82) is 0 Å². The minimum absolute atomic E-state index is 0.0158. The number of nitrogens with zero attached hydrogens (tertiary/aromatic N) is 3. The molecule has 0 spiro atoms. The molecule has 1 saturated heterocycles. The number of aromatic amines is 1. The molecular weight excluding hydrogens is 410 g/mol. The summed E-state index contributed by atoms with van der Waals surface area (Å²) in [7, 11) is 0. The molecule has 2 aromatic carbocycles. The van der Waals surface area contributed by atoms with Crippen LogP contribution < -0.4 is 10.1 Å². The van der Waals surface area contributed by atoms with Gasteiger partial charge >= 0.3 is 6.09 Å². The number of nitrogens with one attached hydrogen (secondary N) is 2. The van der Waals surface area contributed by atoms with Crippen LogP contribution in [0.25, 0.3) is 11.4 Å². The summed E-state index contributed by atoms with van der Waals surface area (Å²) in [4.78, 5) is 30.8. The molecule has 0 radical (unpaired) electrons. The van der Waals surface area contributed by atoms with Crippen molar-refractivity contribution in [3.63, 3.8) is 0 Å². The second-order valence-corrected chi connectivity index (χ2v) is 7.82. The monoisotopic (exact) mass is 433 g/mol. The molecule has 1 atom stereocenters. The number of rotatable bonds is 5. The van der Waals surface area contributed by atoms with Crippen LogP contribution >= 0.6 is 0 Å². The molecule has 0 aliphatic carbocycles. The standard InChI is InChI=1S/C23H23N5O4/c29-20(14-31-17-6-2-1-3-7-17)28-11-5-4-8-19(28)22-25-21(26-27-22)15-9-10-18-16(12-15)13-32-23(30)24-18/h1-3,6-7,9-10,12,19H,4-5,8,11,13-14H2,(H,24,30)(H,25,26,27)/t19-/m1/s1. The Morgan fingerprint density at radius 3 is 2.94 bits per heavy atom. The fourth-order valence-electron chi connectivity index (χ4n) is 4.08. The first-order chi connectivity index (χ1) is 15.7. The molecule has 1 fully saturated rings. The van der Waals surface area contributed by atoms with Crippen LogP contribution in [0, 0.1) is 0 Å². The summed E-state index contributed by atoms with van der Waals surface area (Å²) in [6, 6.07) is 14.7. The maximum atomic E-state index is 12.9. The van der Waals surface area contributed by atoms with Crippen molar-refractivity contribution < 1.29 is 19.1 Å². The van der Waals surface area contributed by atoms with Crippen LogP contribution in [0.2, 0.25) is 0 Å². The van der Waals surface area contributed by atoms with Crippen molar-refractivity contribution in [2.24, 2.45) is 0 Å². The van der Waals surface area contributed by atoms with Crippen molar-refractivity contribution in [2.75, 3.05) is 18.5 Å². The first-order valence-electron chi connectivity index (χ1n) is 10.6. The summed E-state index contributed by atoms with van der Waals surface area (Å²) in [5.41, 5.74) is 2.40. The van der Waals surface area contributed by atoms with Crippen LogP contribution in [0.5, 0.6) is 5.75 Å². The molecule has 3 aromatic rings. The van der Waals surface area contributed by atoms with Gasteiger partial charge in [0.1, 0.15) is 18.2 Å². The number of piperidine rings is 1. The van der Waals surface area contributed by atoms with Gasteiger partial charge in [0.05, 0.1) is 11.7 Å². The quantitative estimate of drug-likeness (QED) is 0.635. The molecule has 2 aliphatic heterocycles. The summed E-state index contributed by atoms with van der Waals surface area (Å²) in [5, 5.41) is 10.1. The zero-order valence-corrected chi connectivity index (χ0v) is 17.4. The Morgan fingerprint density at radius 2 is 2.06 bits per heavy atom. The highest BCUT2D eigenvalue weighted by Gasteiger charge is 2.31. The van der Waals surface area contributed by atoms with Gasteiger partial charge in [-0.15, -0.1) is 0 Å². The summed E-state index contributed by atoms with van der Waals surface area (Å²) < 4.78 is 10.7. The number of H-pyrrole nitrogens is 1. The zero-order chi connectivity index (χ0) is 21.9. The molecular formula is C23H23N5O4. The molecule has 164 valence electrons. The number of carbonyl (C=O) groups excluding carboxylic acids is 2. The predicted octanol–water partition coefficient (Wildman–Crippen LogP) is 3.67. The van der Waals surface area contributed by atoms with Crippen LogP contribution in [0.4, 0.5) is 10.5 Å². The van der Waals surface area contributed by atoms with E-state index in [1.807, 2.05) is 53.4 Å². The number of hydrogen-bond acceptors (Lipinski definition) is 6. The van der Waals surface area contributed by atoms with Gasteiger partial charge in [0.2, 0.25) is 0 Å².